The minimum atomic E-state index is -0.861. The van der Waals surface area contributed by atoms with Gasteiger partial charge in [-0.3, -0.25) is 14.5 Å². The second kappa shape index (κ2) is 9.24. The number of rotatable bonds is 6. The van der Waals surface area contributed by atoms with Gasteiger partial charge in [-0.05, 0) is 54.3 Å². The summed E-state index contributed by atoms with van der Waals surface area (Å²) in [6.45, 7) is 6.57. The molecule has 2 heterocycles. The van der Waals surface area contributed by atoms with Crippen molar-refractivity contribution in [3.63, 3.8) is 0 Å². The zero-order valence-electron chi connectivity index (χ0n) is 18.7. The maximum atomic E-state index is 13.1. The van der Waals surface area contributed by atoms with Crippen LogP contribution in [-0.4, -0.2) is 33.4 Å². The highest BCUT2D eigenvalue weighted by molar-refractivity contribution is 6.51. The van der Waals surface area contributed by atoms with Crippen LogP contribution in [0.5, 0.6) is 5.75 Å². The molecule has 1 N–H and O–H groups in total. The van der Waals surface area contributed by atoms with E-state index in [0.717, 1.165) is 5.56 Å². The molecule has 1 unspecified atom stereocenters. The molecule has 4 rings (SSSR count). The summed E-state index contributed by atoms with van der Waals surface area (Å²) in [4.78, 5) is 35.8. The van der Waals surface area contributed by atoms with Gasteiger partial charge in [0.25, 0.3) is 5.78 Å². The van der Waals surface area contributed by atoms with E-state index in [4.69, 9.17) is 4.74 Å². The summed E-state index contributed by atoms with van der Waals surface area (Å²) >= 11 is 0. The fourth-order valence-electron chi connectivity index (χ4n) is 3.86. The first-order valence-electron chi connectivity index (χ1n) is 10.8. The number of aromatic nitrogens is 2. The van der Waals surface area contributed by atoms with Gasteiger partial charge in [0, 0.05) is 18.0 Å². The highest BCUT2D eigenvalue weighted by Crippen LogP contribution is 2.41. The number of amides is 1. The number of Topliss-reactive ketones (excluding diaryl/α,β-unsaturated/α-hetero) is 1. The van der Waals surface area contributed by atoms with E-state index in [1.54, 1.807) is 30.3 Å². The molecule has 33 heavy (non-hydrogen) atoms. The molecule has 168 valence electrons. The van der Waals surface area contributed by atoms with E-state index in [1.165, 1.54) is 17.3 Å². The molecule has 1 aromatic heterocycles. The van der Waals surface area contributed by atoms with E-state index in [-0.39, 0.29) is 17.3 Å². The number of ether oxygens (including phenoxy) is 1. The number of aliphatic hydroxyl groups excluding tert-OH is 1. The Kier molecular flexibility index (Phi) is 6.22. The lowest BCUT2D eigenvalue weighted by molar-refractivity contribution is -0.132. The zero-order chi connectivity index (χ0) is 23.5. The van der Waals surface area contributed by atoms with Gasteiger partial charge in [0.05, 0.1) is 18.2 Å². The molecule has 3 aromatic rings. The third-order valence-corrected chi connectivity index (χ3v) is 5.57. The molecule has 1 amide bonds. The van der Waals surface area contributed by atoms with E-state index in [0.29, 0.717) is 29.4 Å². The number of hydrogen-bond donors (Lipinski definition) is 1. The molecular weight excluding hydrogens is 418 g/mol. The summed E-state index contributed by atoms with van der Waals surface area (Å²) in [6.07, 6.45) is 3.01. The smallest absolute Gasteiger partial charge is 0.302 e. The molecule has 1 aliphatic rings. The normalized spacial score (nSPS) is 17.6. The van der Waals surface area contributed by atoms with Crippen molar-refractivity contribution in [1.82, 2.24) is 9.97 Å². The molecule has 1 atom stereocenters. The van der Waals surface area contributed by atoms with Crippen LogP contribution in [0.25, 0.3) is 5.76 Å². The van der Waals surface area contributed by atoms with Crippen molar-refractivity contribution in [2.75, 3.05) is 11.5 Å². The number of hydrogen-bond acceptors (Lipinski definition) is 6. The minimum Gasteiger partial charge on any atom is -0.507 e. The van der Waals surface area contributed by atoms with E-state index in [2.05, 4.69) is 23.8 Å². The van der Waals surface area contributed by atoms with E-state index in [1.807, 2.05) is 31.2 Å². The van der Waals surface area contributed by atoms with Gasteiger partial charge in [0.1, 0.15) is 11.5 Å². The highest BCUT2D eigenvalue weighted by Gasteiger charge is 2.48. The van der Waals surface area contributed by atoms with Gasteiger partial charge in [0.15, 0.2) is 0 Å². The van der Waals surface area contributed by atoms with Crippen LogP contribution in [0.3, 0.4) is 0 Å². The standard InChI is InChI=1S/C26H25N3O4/c1-4-33-20-12-10-19(11-13-20)23(30)21-22(18-8-6-17(7-9-18)16(2)3)29(25(32)24(21)31)26-27-14-5-15-28-26/h5-16,22,30H,4H2,1-3H3/b23-21-. The number of carbonyl (C=O) groups is 2. The van der Waals surface area contributed by atoms with Crippen LogP contribution in [0.4, 0.5) is 5.95 Å². The van der Waals surface area contributed by atoms with Crippen LogP contribution >= 0.6 is 0 Å². The van der Waals surface area contributed by atoms with Crippen LogP contribution in [0.2, 0.25) is 0 Å². The second-order valence-corrected chi connectivity index (χ2v) is 8.00. The fourth-order valence-corrected chi connectivity index (χ4v) is 3.86. The highest BCUT2D eigenvalue weighted by atomic mass is 16.5. The molecule has 0 radical (unpaired) electrons. The summed E-state index contributed by atoms with van der Waals surface area (Å²) in [6, 6.07) is 15.2. The number of carbonyl (C=O) groups excluding carboxylic acids is 2. The van der Waals surface area contributed by atoms with Gasteiger partial charge < -0.3 is 9.84 Å². The first kappa shape index (κ1) is 22.2. The molecule has 1 aliphatic heterocycles. The third-order valence-electron chi connectivity index (χ3n) is 5.57. The van der Waals surface area contributed by atoms with Crippen molar-refractivity contribution in [3.05, 3.63) is 89.3 Å². The van der Waals surface area contributed by atoms with Crippen LogP contribution < -0.4 is 9.64 Å². The number of ketones is 1. The van der Waals surface area contributed by atoms with E-state index >= 15 is 0 Å². The van der Waals surface area contributed by atoms with Crippen molar-refractivity contribution in [2.45, 2.75) is 32.7 Å². The number of anilines is 1. The molecule has 0 aliphatic carbocycles. The topological polar surface area (TPSA) is 92.6 Å². The Morgan fingerprint density at radius 2 is 1.67 bits per heavy atom. The zero-order valence-corrected chi connectivity index (χ0v) is 18.7. The Bertz CT molecular complexity index is 1190. The van der Waals surface area contributed by atoms with Crippen molar-refractivity contribution >= 4 is 23.4 Å². The van der Waals surface area contributed by atoms with Gasteiger partial charge in [0.2, 0.25) is 5.95 Å². The lowest BCUT2D eigenvalue weighted by atomic mass is 9.93. The molecule has 1 fully saturated rings. The number of nitrogens with zero attached hydrogens (tertiary/aromatic N) is 3. The maximum absolute atomic E-state index is 13.1. The van der Waals surface area contributed by atoms with Crippen molar-refractivity contribution in [3.8, 4) is 5.75 Å². The Labute approximate surface area is 192 Å². The van der Waals surface area contributed by atoms with Gasteiger partial charge in [-0.2, -0.15) is 0 Å². The molecule has 7 nitrogen and oxygen atoms in total. The Morgan fingerprint density at radius 3 is 2.24 bits per heavy atom. The van der Waals surface area contributed by atoms with E-state index in [9.17, 15) is 14.7 Å². The quantitative estimate of drug-likeness (QED) is 0.339. The van der Waals surface area contributed by atoms with Crippen molar-refractivity contribution < 1.29 is 19.4 Å². The molecule has 1 saturated heterocycles. The van der Waals surface area contributed by atoms with Gasteiger partial charge >= 0.3 is 5.91 Å². The molecule has 7 heteroatoms. The Morgan fingerprint density at radius 1 is 1.03 bits per heavy atom. The minimum absolute atomic E-state index is 0.00564. The average Bonchev–Trinajstić information content (AvgIpc) is 3.10. The molecule has 2 aromatic carbocycles. The van der Waals surface area contributed by atoms with Crippen LogP contribution in [0, 0.1) is 0 Å². The van der Waals surface area contributed by atoms with Crippen LogP contribution in [0.15, 0.2) is 72.6 Å². The summed E-state index contributed by atoms with van der Waals surface area (Å²) in [5, 5.41) is 11.2. The SMILES string of the molecule is CCOc1ccc(/C(O)=C2/C(=O)C(=O)N(c3ncccn3)C2c2ccc(C(C)C)cc2)cc1. The summed E-state index contributed by atoms with van der Waals surface area (Å²) < 4.78 is 5.46. The lowest BCUT2D eigenvalue weighted by Gasteiger charge is -2.23. The van der Waals surface area contributed by atoms with Crippen molar-refractivity contribution in [2.24, 2.45) is 0 Å². The average molecular weight is 444 g/mol. The van der Waals surface area contributed by atoms with Gasteiger partial charge in [-0.25, -0.2) is 9.97 Å². The first-order chi connectivity index (χ1) is 15.9. The number of aliphatic hydroxyl groups is 1. The number of benzene rings is 2. The first-order valence-corrected chi connectivity index (χ1v) is 10.8. The Balaban J connectivity index is 1.87. The molecule has 0 spiro atoms. The second-order valence-electron chi connectivity index (χ2n) is 8.00. The van der Waals surface area contributed by atoms with Crippen molar-refractivity contribution in [1.29, 1.82) is 0 Å². The predicted molar refractivity (Wildman–Crippen MR) is 125 cm³/mol. The van der Waals surface area contributed by atoms with Gasteiger partial charge in [-0.1, -0.05) is 38.1 Å². The van der Waals surface area contributed by atoms with Crippen LogP contribution in [0.1, 0.15) is 49.4 Å². The Hall–Kier alpha value is -4.00. The van der Waals surface area contributed by atoms with Crippen LogP contribution in [-0.2, 0) is 9.59 Å². The molecule has 0 bridgehead atoms. The van der Waals surface area contributed by atoms with E-state index < -0.39 is 17.7 Å². The summed E-state index contributed by atoms with van der Waals surface area (Å²) in [7, 11) is 0. The fraction of sp³-hybridized carbons (Fsp3) is 0.231. The third kappa shape index (κ3) is 4.22. The molecule has 0 saturated carbocycles. The summed E-state index contributed by atoms with van der Waals surface area (Å²) in [5.74, 6) is -0.755. The largest absolute Gasteiger partial charge is 0.507 e. The molecular formula is C26H25N3O4. The summed E-state index contributed by atoms with van der Waals surface area (Å²) in [5.41, 5.74) is 2.21. The lowest BCUT2D eigenvalue weighted by Crippen LogP contribution is -2.31. The monoisotopic (exact) mass is 443 g/mol. The predicted octanol–water partition coefficient (Wildman–Crippen LogP) is 4.63. The van der Waals surface area contributed by atoms with Gasteiger partial charge in [-0.15, -0.1) is 0 Å². The maximum Gasteiger partial charge on any atom is 0.302 e.